The van der Waals surface area contributed by atoms with E-state index in [4.69, 9.17) is 0 Å². The van der Waals surface area contributed by atoms with Crippen LogP contribution in [-0.2, 0) is 29.7 Å². The number of benzene rings is 3. The number of nitrogens with zero attached hydrogens (tertiary/aromatic N) is 8. The van der Waals surface area contributed by atoms with E-state index in [-0.39, 0.29) is 47.6 Å². The van der Waals surface area contributed by atoms with Crippen LogP contribution in [0.5, 0.6) is 0 Å². The van der Waals surface area contributed by atoms with Crippen LogP contribution in [0.15, 0.2) is 83.8 Å². The predicted octanol–water partition coefficient (Wildman–Crippen LogP) is 4.28. The Morgan fingerprint density at radius 1 is 0.887 bits per heavy atom. The molecule has 3 saturated heterocycles. The van der Waals surface area contributed by atoms with E-state index in [0.29, 0.717) is 79.1 Å². The second-order valence-electron chi connectivity index (χ2n) is 19.6. The maximum atomic E-state index is 15.9. The molecule has 2 unspecified atom stereocenters. The number of carbonyl (C=O) groups is 3. The minimum atomic E-state index is -0.740. The number of imide groups is 1. The molecule has 0 radical (unpaired) electrons. The van der Waals surface area contributed by atoms with E-state index in [1.54, 1.807) is 27.2 Å². The maximum absolute atomic E-state index is 15.9. The highest BCUT2D eigenvalue weighted by Crippen LogP contribution is 2.43. The summed E-state index contributed by atoms with van der Waals surface area (Å²) in [5.74, 6) is -0.461. The van der Waals surface area contributed by atoms with Gasteiger partial charge >= 0.3 is 5.49 Å². The molecule has 3 aromatic carbocycles. The Morgan fingerprint density at radius 2 is 1.56 bits per heavy atom. The van der Waals surface area contributed by atoms with Gasteiger partial charge in [-0.25, -0.2) is 17.7 Å². The first-order valence-corrected chi connectivity index (χ1v) is 24.1. The third-order valence-electron chi connectivity index (χ3n) is 15.1. The van der Waals surface area contributed by atoms with Gasteiger partial charge in [-0.1, -0.05) is 18.2 Å². The number of pyridine rings is 1. The van der Waals surface area contributed by atoms with Gasteiger partial charge < -0.3 is 25.0 Å². The smallest absolute Gasteiger partial charge is 0.395 e. The number of anilines is 3. The molecule has 3 fully saturated rings. The molecule has 2 aromatic heterocycles. The van der Waals surface area contributed by atoms with Gasteiger partial charge in [0.1, 0.15) is 34.3 Å². The fraction of sp³-hybridized carbons (Fsp3) is 0.377. The number of halogens is 3. The van der Waals surface area contributed by atoms with E-state index >= 15 is 8.78 Å². The number of aromatic nitrogens is 2. The van der Waals surface area contributed by atoms with Crippen LogP contribution < -0.4 is 46.0 Å². The molecule has 15 nitrogen and oxygen atoms in total. The number of carbonyl (C=O) groups excluding carboxylic acids is 3. The van der Waals surface area contributed by atoms with E-state index in [9.17, 15) is 28.8 Å². The van der Waals surface area contributed by atoms with Crippen LogP contribution >= 0.6 is 0 Å². The zero-order chi connectivity index (χ0) is 49.9. The number of nitrogens with one attached hydrogen (secondary N) is 2. The number of rotatable bonds is 11. The molecule has 0 saturated carbocycles. The number of allylic oxidation sites excluding steroid dienone is 1. The normalized spacial score (nSPS) is 20.8. The Morgan fingerprint density at radius 3 is 2.24 bits per heavy atom. The summed E-state index contributed by atoms with van der Waals surface area (Å²) in [7, 11) is 6.60. The lowest BCUT2D eigenvalue weighted by Gasteiger charge is -2.36. The Bertz CT molecular complexity index is 3230. The van der Waals surface area contributed by atoms with Crippen molar-refractivity contribution in [3.63, 3.8) is 0 Å². The van der Waals surface area contributed by atoms with E-state index in [1.165, 1.54) is 15.5 Å². The highest BCUT2D eigenvalue weighted by atomic mass is 19.1. The average molecular weight is 970 g/mol. The number of hydrogen-bond acceptors (Lipinski definition) is 9. The minimum absolute atomic E-state index is 0.00875. The number of piperidine rings is 3. The molecule has 2 N–H and O–H groups in total. The molecule has 5 aliphatic heterocycles. The monoisotopic (exact) mass is 969 g/mol. The van der Waals surface area contributed by atoms with Gasteiger partial charge in [0.15, 0.2) is 24.0 Å². The topological polar surface area (TPSA) is 152 Å². The fourth-order valence-corrected chi connectivity index (χ4v) is 11.1. The van der Waals surface area contributed by atoms with Gasteiger partial charge in [-0.15, -0.1) is 0 Å². The van der Waals surface area contributed by atoms with Crippen molar-refractivity contribution in [2.75, 3.05) is 69.1 Å². The van der Waals surface area contributed by atoms with Crippen LogP contribution in [0.25, 0.3) is 5.70 Å². The van der Waals surface area contributed by atoms with Crippen LogP contribution in [-0.4, -0.2) is 103 Å². The molecular formula is C53H56F3N10O5+. The van der Waals surface area contributed by atoms with Gasteiger partial charge in [0.05, 0.1) is 44.3 Å². The van der Waals surface area contributed by atoms with Crippen molar-refractivity contribution in [1.82, 2.24) is 33.6 Å². The van der Waals surface area contributed by atoms with Crippen molar-refractivity contribution in [3.8, 4) is 0 Å². The van der Waals surface area contributed by atoms with E-state index in [2.05, 4.69) is 31.0 Å². The second-order valence-corrected chi connectivity index (χ2v) is 19.6. The molecule has 10 rings (SSSR count). The van der Waals surface area contributed by atoms with E-state index in [0.717, 1.165) is 66.8 Å². The van der Waals surface area contributed by atoms with Crippen LogP contribution in [0.1, 0.15) is 83.1 Å². The first-order chi connectivity index (χ1) is 34.1. The molecule has 71 heavy (non-hydrogen) atoms. The number of likely N-dealkylation sites (tertiary alicyclic amines) is 2. The van der Waals surface area contributed by atoms with E-state index < -0.39 is 39.6 Å². The molecule has 2 atom stereocenters. The average Bonchev–Trinajstić information content (AvgIpc) is 3.82. The van der Waals surface area contributed by atoms with Gasteiger partial charge in [-0.05, 0) is 112 Å². The standard InChI is InChI=1S/C53H55F3N10O5/c1-57-43-27-49(68)64(30-42(43)56)44-13-18-58-51-39(44)26-38(60(51)2)29-63-21-16-35(17-22-63)50-40(54)24-36(25-41(50)55)53(70)61(3)37-8-6-33(7-9-37)34-14-19-62(20-15-34)28-32-5-10-45-47(23-32)66(4,71)31-65(45)46-11-12-48(67)59-52(46)69/h5-10,13,23-27,30,34-35,46H,11-12,14-17,19-22,28-29,31H2,1-4H3,(H-,57,59,67,68,69)/p+1. The van der Waals surface area contributed by atoms with Crippen molar-refractivity contribution in [2.45, 2.75) is 69.5 Å². The van der Waals surface area contributed by atoms with Crippen molar-refractivity contribution >= 4 is 52.0 Å². The van der Waals surface area contributed by atoms with Crippen molar-refractivity contribution in [1.29, 1.82) is 0 Å². The maximum Gasteiger partial charge on any atom is 0.395 e. The summed E-state index contributed by atoms with van der Waals surface area (Å²) < 4.78 is 53.4. The molecule has 7 heterocycles. The summed E-state index contributed by atoms with van der Waals surface area (Å²) in [5.41, 5.74) is 5.67. The summed E-state index contributed by atoms with van der Waals surface area (Å²) >= 11 is 0. The molecule has 3 amide bonds. The Balaban J connectivity index is 0.730. The number of quaternary nitrogens is 1. The molecule has 0 bridgehead atoms. The van der Waals surface area contributed by atoms with Gasteiger partial charge in [0, 0.05) is 62.1 Å². The molecule has 5 aromatic rings. The molecule has 18 heteroatoms. The lowest BCUT2D eigenvalue weighted by atomic mass is 9.88. The molecule has 0 aliphatic carbocycles. The SMILES string of the molecule is CNc1cc(=O)n(C2=c3cc(CN4CCC(c5c(F)cc(C(=O)N(C)c6ccc(C7CCN(Cc8ccc9c(c8)[N+](C)([O-])CN9C8CCC(=O)NC8=O)CC7)cc6)cc5F)CC4)n(C)c3=[N+]=C=C2)cc1F. The zero-order valence-corrected chi connectivity index (χ0v) is 40.2. The van der Waals surface area contributed by atoms with Gasteiger partial charge in [-0.2, -0.15) is 4.67 Å². The first-order valence-electron chi connectivity index (χ1n) is 24.1. The predicted molar refractivity (Wildman–Crippen MR) is 266 cm³/mol. The lowest BCUT2D eigenvalue weighted by Crippen LogP contribution is -2.55. The van der Waals surface area contributed by atoms with Gasteiger partial charge in [-0.3, -0.25) is 38.9 Å². The third-order valence-corrected chi connectivity index (χ3v) is 15.1. The lowest BCUT2D eigenvalue weighted by molar-refractivity contribution is -0.134. The summed E-state index contributed by atoms with van der Waals surface area (Å²) in [6, 6.07) is 18.5. The molecule has 368 valence electrons. The quantitative estimate of drug-likeness (QED) is 0.0856. The second kappa shape index (κ2) is 18.9. The molecule has 0 spiro atoms. The van der Waals surface area contributed by atoms with Gasteiger partial charge in [0.25, 0.3) is 11.5 Å². The number of hydroxylamine groups is 2. The summed E-state index contributed by atoms with van der Waals surface area (Å²) in [6.45, 7) is 4.16. The molecule has 5 aliphatic rings. The van der Waals surface area contributed by atoms with E-state index in [1.807, 2.05) is 65.0 Å². The Labute approximate surface area is 408 Å². The summed E-state index contributed by atoms with van der Waals surface area (Å²) in [5, 5.41) is 19.4. The van der Waals surface area contributed by atoms with Crippen molar-refractivity contribution < 1.29 is 27.6 Å². The fourth-order valence-electron chi connectivity index (χ4n) is 11.1. The molecular weight excluding hydrogens is 914 g/mol. The number of fused-ring (bicyclic) bond motifs is 2. The van der Waals surface area contributed by atoms with Gasteiger partial charge in [0.2, 0.25) is 11.8 Å². The Kier molecular flexibility index (Phi) is 12.7. The summed E-state index contributed by atoms with van der Waals surface area (Å²) in [6.07, 6.45) is 6.18. The highest BCUT2D eigenvalue weighted by Gasteiger charge is 2.42. The van der Waals surface area contributed by atoms with Crippen LogP contribution in [0.3, 0.4) is 0 Å². The van der Waals surface area contributed by atoms with Crippen LogP contribution in [0, 0.1) is 22.7 Å². The Hall–Kier alpha value is -7.04. The zero-order valence-electron chi connectivity index (χ0n) is 40.2. The third kappa shape index (κ3) is 9.14. The van der Waals surface area contributed by atoms with Crippen molar-refractivity contribution in [3.05, 3.63) is 151 Å². The first kappa shape index (κ1) is 47.6. The largest absolute Gasteiger partial charge is 0.626 e. The number of amides is 3. The number of hydrogen-bond donors (Lipinski definition) is 2. The van der Waals surface area contributed by atoms with Crippen LogP contribution in [0.4, 0.5) is 35.9 Å². The van der Waals surface area contributed by atoms with Crippen LogP contribution in [0.2, 0.25) is 0 Å². The minimum Gasteiger partial charge on any atom is -0.626 e. The van der Waals surface area contributed by atoms with Crippen molar-refractivity contribution in [2.24, 2.45) is 7.05 Å². The summed E-state index contributed by atoms with van der Waals surface area (Å²) in [4.78, 5) is 58.8. The highest BCUT2D eigenvalue weighted by molar-refractivity contribution is 6.06.